The molecule has 1 aliphatic rings. The van der Waals surface area contributed by atoms with Gasteiger partial charge in [0.25, 0.3) is 5.91 Å². The second kappa shape index (κ2) is 9.07. The van der Waals surface area contributed by atoms with Crippen LogP contribution in [0.2, 0.25) is 0 Å². The maximum absolute atomic E-state index is 13.1. The summed E-state index contributed by atoms with van der Waals surface area (Å²) in [5.74, 6) is 0.395. The van der Waals surface area contributed by atoms with E-state index in [1.807, 2.05) is 37.3 Å². The fraction of sp³-hybridized carbons (Fsp3) is 0.304. The predicted molar refractivity (Wildman–Crippen MR) is 113 cm³/mol. The number of piperidine rings is 1. The number of benzene rings is 2. The highest BCUT2D eigenvalue weighted by Crippen LogP contribution is 2.23. The lowest BCUT2D eigenvalue weighted by atomic mass is 9.94. The topological polar surface area (TPSA) is 91.0 Å². The highest BCUT2D eigenvalue weighted by atomic mass is 19.1. The molecule has 2 N–H and O–H groups in total. The van der Waals surface area contributed by atoms with Crippen molar-refractivity contribution in [1.82, 2.24) is 25.4 Å². The summed E-state index contributed by atoms with van der Waals surface area (Å²) >= 11 is 0. The van der Waals surface area contributed by atoms with Gasteiger partial charge in [-0.3, -0.25) is 14.7 Å². The van der Waals surface area contributed by atoms with E-state index >= 15 is 0 Å². The number of nitrogens with one attached hydrogen (secondary N) is 2. The van der Waals surface area contributed by atoms with Crippen molar-refractivity contribution >= 4 is 11.8 Å². The van der Waals surface area contributed by atoms with Gasteiger partial charge in [0, 0.05) is 24.6 Å². The molecule has 8 heteroatoms. The molecule has 160 valence electrons. The monoisotopic (exact) mass is 421 g/mol. The van der Waals surface area contributed by atoms with Crippen molar-refractivity contribution < 1.29 is 14.0 Å². The van der Waals surface area contributed by atoms with Crippen molar-refractivity contribution in [3.05, 3.63) is 83.2 Å². The minimum atomic E-state index is -0.447. The lowest BCUT2D eigenvalue weighted by molar-refractivity contribution is -0.126. The average molecular weight is 421 g/mol. The lowest BCUT2D eigenvalue weighted by Gasteiger charge is -2.32. The van der Waals surface area contributed by atoms with Crippen LogP contribution in [0.15, 0.2) is 54.6 Å². The summed E-state index contributed by atoms with van der Waals surface area (Å²) in [4.78, 5) is 31.8. The molecule has 0 spiro atoms. The third-order valence-electron chi connectivity index (χ3n) is 5.54. The maximum atomic E-state index is 13.1. The first-order chi connectivity index (χ1) is 15.0. The molecule has 0 radical (unpaired) electrons. The number of H-pyrrole nitrogens is 1. The fourth-order valence-electron chi connectivity index (χ4n) is 3.81. The summed E-state index contributed by atoms with van der Waals surface area (Å²) in [6, 6.07) is 14.7. The molecule has 0 aliphatic carbocycles. The molecule has 31 heavy (non-hydrogen) atoms. The Labute approximate surface area is 179 Å². The molecule has 3 aromatic rings. The van der Waals surface area contributed by atoms with E-state index in [-0.39, 0.29) is 23.5 Å². The first kappa shape index (κ1) is 20.7. The first-order valence-electron chi connectivity index (χ1n) is 10.3. The van der Waals surface area contributed by atoms with Crippen LogP contribution in [0.25, 0.3) is 0 Å². The Bertz CT molecular complexity index is 1040. The number of carbonyl (C=O) groups is 2. The Morgan fingerprint density at radius 2 is 1.77 bits per heavy atom. The number of nitrogens with zero attached hydrogens (tertiary/aromatic N) is 3. The van der Waals surface area contributed by atoms with E-state index in [9.17, 15) is 14.0 Å². The van der Waals surface area contributed by atoms with Gasteiger partial charge in [-0.05, 0) is 49.6 Å². The van der Waals surface area contributed by atoms with Gasteiger partial charge < -0.3 is 10.2 Å². The van der Waals surface area contributed by atoms with Gasteiger partial charge in [0.05, 0.1) is 0 Å². The molecule has 1 saturated heterocycles. The SMILES string of the molecule is Cc1nc(C(NC(=O)C2CCN(C(=O)c3ccc(F)cc3)CC2)c2ccccc2)n[nH]1. The van der Waals surface area contributed by atoms with Gasteiger partial charge in [-0.15, -0.1) is 0 Å². The smallest absolute Gasteiger partial charge is 0.253 e. The van der Waals surface area contributed by atoms with Crippen molar-refractivity contribution in [3.8, 4) is 0 Å². The number of aromatic nitrogens is 3. The van der Waals surface area contributed by atoms with Crippen LogP contribution in [0.3, 0.4) is 0 Å². The second-order valence-electron chi connectivity index (χ2n) is 7.70. The molecule has 2 aromatic carbocycles. The molecule has 1 aromatic heterocycles. The van der Waals surface area contributed by atoms with Crippen molar-refractivity contribution in [2.75, 3.05) is 13.1 Å². The van der Waals surface area contributed by atoms with Crippen LogP contribution in [-0.4, -0.2) is 45.0 Å². The predicted octanol–water partition coefficient (Wildman–Crippen LogP) is 3.01. The van der Waals surface area contributed by atoms with E-state index < -0.39 is 6.04 Å². The van der Waals surface area contributed by atoms with Gasteiger partial charge >= 0.3 is 0 Å². The molecule has 2 heterocycles. The third-order valence-corrected chi connectivity index (χ3v) is 5.54. The summed E-state index contributed by atoms with van der Waals surface area (Å²) in [5, 5.41) is 10.1. The van der Waals surface area contributed by atoms with Crippen LogP contribution in [0, 0.1) is 18.7 Å². The van der Waals surface area contributed by atoms with Gasteiger partial charge in [-0.1, -0.05) is 30.3 Å². The van der Waals surface area contributed by atoms with E-state index in [4.69, 9.17) is 0 Å². The van der Waals surface area contributed by atoms with Crippen molar-refractivity contribution in [2.45, 2.75) is 25.8 Å². The number of amides is 2. The van der Waals surface area contributed by atoms with E-state index in [2.05, 4.69) is 20.5 Å². The maximum Gasteiger partial charge on any atom is 0.253 e. The van der Waals surface area contributed by atoms with Gasteiger partial charge in [-0.2, -0.15) is 5.10 Å². The zero-order chi connectivity index (χ0) is 21.8. The van der Waals surface area contributed by atoms with Crippen LogP contribution in [-0.2, 0) is 4.79 Å². The minimum absolute atomic E-state index is 0.0785. The normalized spacial score (nSPS) is 15.5. The number of likely N-dealkylation sites (tertiary alicyclic amines) is 1. The van der Waals surface area contributed by atoms with Gasteiger partial charge in [0.15, 0.2) is 5.82 Å². The highest BCUT2D eigenvalue weighted by molar-refractivity contribution is 5.94. The van der Waals surface area contributed by atoms with Crippen LogP contribution in [0.5, 0.6) is 0 Å². The number of hydrogen-bond donors (Lipinski definition) is 2. The van der Waals surface area contributed by atoms with Crippen molar-refractivity contribution in [2.24, 2.45) is 5.92 Å². The van der Waals surface area contributed by atoms with E-state index in [0.29, 0.717) is 43.1 Å². The Balaban J connectivity index is 1.40. The summed E-state index contributed by atoms with van der Waals surface area (Å²) < 4.78 is 13.1. The van der Waals surface area contributed by atoms with Gasteiger partial charge in [0.2, 0.25) is 5.91 Å². The van der Waals surface area contributed by atoms with Crippen molar-refractivity contribution in [3.63, 3.8) is 0 Å². The molecule has 0 bridgehead atoms. The summed E-state index contributed by atoms with van der Waals surface area (Å²) in [6.07, 6.45) is 1.13. The van der Waals surface area contributed by atoms with Gasteiger partial charge in [-0.25, -0.2) is 9.37 Å². The van der Waals surface area contributed by atoms with Crippen LogP contribution >= 0.6 is 0 Å². The standard InChI is InChI=1S/C23H24FN5O2/c1-15-25-21(28-27-15)20(16-5-3-2-4-6-16)26-22(30)17-11-13-29(14-12-17)23(31)18-7-9-19(24)10-8-18/h2-10,17,20H,11-14H2,1H3,(H,26,30)(H,25,27,28). The number of rotatable bonds is 5. The quantitative estimate of drug-likeness (QED) is 0.663. The third kappa shape index (κ3) is 4.79. The molecular weight excluding hydrogens is 397 g/mol. The number of aryl methyl sites for hydroxylation is 1. The summed E-state index contributed by atoms with van der Waals surface area (Å²) in [5.41, 5.74) is 1.35. The van der Waals surface area contributed by atoms with E-state index in [0.717, 1.165) is 5.56 Å². The Morgan fingerprint density at radius 1 is 1.10 bits per heavy atom. The summed E-state index contributed by atoms with van der Waals surface area (Å²) in [6.45, 7) is 2.77. The minimum Gasteiger partial charge on any atom is -0.342 e. The largest absolute Gasteiger partial charge is 0.342 e. The molecule has 1 aliphatic heterocycles. The van der Waals surface area contributed by atoms with Gasteiger partial charge in [0.1, 0.15) is 17.7 Å². The summed E-state index contributed by atoms with van der Waals surface area (Å²) in [7, 11) is 0. The average Bonchev–Trinajstić information content (AvgIpc) is 3.24. The number of halogens is 1. The molecule has 1 unspecified atom stereocenters. The Kier molecular flexibility index (Phi) is 6.06. The molecule has 2 amide bonds. The van der Waals surface area contributed by atoms with E-state index in [1.54, 1.807) is 4.90 Å². The molecule has 1 fully saturated rings. The molecule has 0 saturated carbocycles. The fourth-order valence-corrected chi connectivity index (χ4v) is 3.81. The number of hydrogen-bond acceptors (Lipinski definition) is 4. The molecular formula is C23H24FN5O2. The van der Waals surface area contributed by atoms with Crippen LogP contribution in [0.1, 0.15) is 46.5 Å². The highest BCUT2D eigenvalue weighted by Gasteiger charge is 2.30. The zero-order valence-electron chi connectivity index (χ0n) is 17.2. The number of aromatic amines is 1. The van der Waals surface area contributed by atoms with E-state index in [1.165, 1.54) is 24.3 Å². The zero-order valence-corrected chi connectivity index (χ0v) is 17.2. The Morgan fingerprint density at radius 3 is 2.39 bits per heavy atom. The Hall–Kier alpha value is -3.55. The lowest BCUT2D eigenvalue weighted by Crippen LogP contribution is -2.44. The second-order valence-corrected chi connectivity index (χ2v) is 7.70. The van der Waals surface area contributed by atoms with Crippen LogP contribution < -0.4 is 5.32 Å². The van der Waals surface area contributed by atoms with Crippen molar-refractivity contribution in [1.29, 1.82) is 0 Å². The molecule has 7 nitrogen and oxygen atoms in total. The first-order valence-corrected chi connectivity index (χ1v) is 10.3. The molecule has 4 rings (SSSR count). The number of carbonyl (C=O) groups excluding carboxylic acids is 2. The van der Waals surface area contributed by atoms with Crippen LogP contribution in [0.4, 0.5) is 4.39 Å². The molecule has 1 atom stereocenters.